The van der Waals surface area contributed by atoms with Gasteiger partial charge < -0.3 is 4.74 Å². The predicted molar refractivity (Wildman–Crippen MR) is 128 cm³/mol. The summed E-state index contributed by atoms with van der Waals surface area (Å²) in [5.41, 5.74) is 3.18. The summed E-state index contributed by atoms with van der Waals surface area (Å²) in [6, 6.07) is 16.5. The van der Waals surface area contributed by atoms with E-state index >= 15 is 0 Å². The Morgan fingerprint density at radius 3 is 2.55 bits per heavy atom. The van der Waals surface area contributed by atoms with Gasteiger partial charge in [-0.05, 0) is 42.0 Å². The number of benzene rings is 2. The largest absolute Gasteiger partial charge is 0.457 e. The van der Waals surface area contributed by atoms with E-state index in [9.17, 15) is 4.79 Å². The number of hydrogen-bond donors (Lipinski definition) is 0. The maximum atomic E-state index is 13.1. The molecule has 0 fully saturated rings. The van der Waals surface area contributed by atoms with Crippen LogP contribution in [0, 0.1) is 0 Å². The molecule has 0 saturated heterocycles. The monoisotopic (exact) mass is 457 g/mol. The van der Waals surface area contributed by atoms with Gasteiger partial charge in [0.25, 0.3) is 5.56 Å². The van der Waals surface area contributed by atoms with Gasteiger partial charge in [0, 0.05) is 49.6 Å². The maximum Gasteiger partial charge on any atom is 0.261 e. The highest BCUT2D eigenvalue weighted by atomic mass is 35.5. The fourth-order valence-corrected chi connectivity index (χ4v) is 3.75. The standard InChI is InChI=1S/C25H20ClN5O2/c1-30-15-17(14-28-30)23-13-20(9-10-27-23)33-19-7-8-22-21(12-19)25(32)31(2)24(29-22)11-16-3-5-18(26)6-4-16/h3-10,12-15H,11H2,1-2H3. The van der Waals surface area contributed by atoms with Crippen LogP contribution in [-0.4, -0.2) is 24.3 Å². The molecule has 0 saturated carbocycles. The van der Waals surface area contributed by atoms with Crippen LogP contribution in [0.15, 0.2) is 78.0 Å². The Hall–Kier alpha value is -3.97. The lowest BCUT2D eigenvalue weighted by Crippen LogP contribution is -2.22. The summed E-state index contributed by atoms with van der Waals surface area (Å²) < 4.78 is 9.33. The summed E-state index contributed by atoms with van der Waals surface area (Å²) in [5.74, 6) is 1.85. The molecule has 5 rings (SSSR count). The molecule has 0 spiro atoms. The number of ether oxygens (including phenoxy) is 1. The van der Waals surface area contributed by atoms with Crippen molar-refractivity contribution in [2.45, 2.75) is 6.42 Å². The summed E-state index contributed by atoms with van der Waals surface area (Å²) in [4.78, 5) is 22.2. The number of pyridine rings is 1. The first-order chi connectivity index (χ1) is 16.0. The molecule has 0 aliphatic carbocycles. The number of fused-ring (bicyclic) bond motifs is 1. The van der Waals surface area contributed by atoms with Crippen molar-refractivity contribution in [3.63, 3.8) is 0 Å². The minimum absolute atomic E-state index is 0.125. The number of aromatic nitrogens is 5. The number of halogens is 1. The van der Waals surface area contributed by atoms with E-state index in [1.807, 2.05) is 49.6 Å². The molecule has 0 unspecified atom stereocenters. The summed E-state index contributed by atoms with van der Waals surface area (Å²) in [6.45, 7) is 0. The molecule has 3 heterocycles. The number of rotatable bonds is 5. The highest BCUT2D eigenvalue weighted by Crippen LogP contribution is 2.27. The topological polar surface area (TPSA) is 74.8 Å². The Balaban J connectivity index is 1.45. The quantitative estimate of drug-likeness (QED) is 0.380. The van der Waals surface area contributed by atoms with Crippen LogP contribution in [0.3, 0.4) is 0 Å². The van der Waals surface area contributed by atoms with E-state index in [2.05, 4.69) is 10.1 Å². The van der Waals surface area contributed by atoms with Crippen LogP contribution in [0.25, 0.3) is 22.2 Å². The lowest BCUT2D eigenvalue weighted by molar-refractivity contribution is 0.483. The zero-order valence-electron chi connectivity index (χ0n) is 18.1. The van der Waals surface area contributed by atoms with Gasteiger partial charge in [0.05, 0.1) is 22.8 Å². The minimum Gasteiger partial charge on any atom is -0.457 e. The molecule has 7 nitrogen and oxygen atoms in total. The molecular weight excluding hydrogens is 438 g/mol. The molecule has 0 N–H and O–H groups in total. The van der Waals surface area contributed by atoms with Crippen molar-refractivity contribution in [1.29, 1.82) is 0 Å². The molecule has 0 atom stereocenters. The van der Waals surface area contributed by atoms with Crippen molar-refractivity contribution in [2.24, 2.45) is 14.1 Å². The lowest BCUT2D eigenvalue weighted by Gasteiger charge is -2.11. The third-order valence-corrected chi connectivity index (χ3v) is 5.63. The van der Waals surface area contributed by atoms with Gasteiger partial charge in [-0.1, -0.05) is 23.7 Å². The fourth-order valence-electron chi connectivity index (χ4n) is 3.62. The summed E-state index contributed by atoms with van der Waals surface area (Å²) >= 11 is 5.97. The fraction of sp³-hybridized carbons (Fsp3) is 0.120. The van der Waals surface area contributed by atoms with Gasteiger partial charge in [0.15, 0.2) is 0 Å². The predicted octanol–water partition coefficient (Wildman–Crippen LogP) is 4.77. The molecule has 0 bridgehead atoms. The Bertz CT molecular complexity index is 1520. The van der Waals surface area contributed by atoms with E-state index in [-0.39, 0.29) is 5.56 Å². The van der Waals surface area contributed by atoms with Crippen LogP contribution < -0.4 is 10.3 Å². The van der Waals surface area contributed by atoms with Crippen LogP contribution >= 0.6 is 11.6 Å². The highest BCUT2D eigenvalue weighted by molar-refractivity contribution is 6.30. The summed E-state index contributed by atoms with van der Waals surface area (Å²) in [6.07, 6.45) is 5.85. The van der Waals surface area contributed by atoms with Gasteiger partial charge in [-0.3, -0.25) is 19.0 Å². The molecule has 33 heavy (non-hydrogen) atoms. The van der Waals surface area contributed by atoms with Crippen LogP contribution in [-0.2, 0) is 20.5 Å². The lowest BCUT2D eigenvalue weighted by atomic mass is 10.1. The van der Waals surface area contributed by atoms with Crippen molar-refractivity contribution < 1.29 is 4.74 Å². The molecule has 164 valence electrons. The number of nitrogens with zero attached hydrogens (tertiary/aromatic N) is 5. The number of aryl methyl sites for hydroxylation is 1. The third kappa shape index (κ3) is 4.36. The Morgan fingerprint density at radius 1 is 1.00 bits per heavy atom. The Kier molecular flexibility index (Phi) is 5.40. The van der Waals surface area contributed by atoms with Crippen molar-refractivity contribution in [2.75, 3.05) is 0 Å². The van der Waals surface area contributed by atoms with Crippen molar-refractivity contribution >= 4 is 22.5 Å². The first-order valence-electron chi connectivity index (χ1n) is 10.3. The van der Waals surface area contributed by atoms with Gasteiger partial charge in [-0.2, -0.15) is 5.10 Å². The molecule has 0 aliphatic rings. The van der Waals surface area contributed by atoms with E-state index in [1.54, 1.807) is 46.9 Å². The Morgan fingerprint density at radius 2 is 1.79 bits per heavy atom. The van der Waals surface area contributed by atoms with E-state index in [0.717, 1.165) is 16.8 Å². The maximum absolute atomic E-state index is 13.1. The molecular formula is C25H20ClN5O2. The van der Waals surface area contributed by atoms with E-state index < -0.39 is 0 Å². The van der Waals surface area contributed by atoms with Gasteiger partial charge >= 0.3 is 0 Å². The summed E-state index contributed by atoms with van der Waals surface area (Å²) in [5, 5.41) is 5.35. The molecule has 2 aromatic carbocycles. The van der Waals surface area contributed by atoms with Crippen LogP contribution in [0.2, 0.25) is 5.02 Å². The van der Waals surface area contributed by atoms with E-state index in [4.69, 9.17) is 21.3 Å². The second kappa shape index (κ2) is 8.52. The van der Waals surface area contributed by atoms with Crippen LogP contribution in [0.5, 0.6) is 11.5 Å². The summed E-state index contributed by atoms with van der Waals surface area (Å²) in [7, 11) is 3.59. The van der Waals surface area contributed by atoms with Crippen molar-refractivity contribution in [3.05, 3.63) is 100.0 Å². The van der Waals surface area contributed by atoms with E-state index in [0.29, 0.717) is 39.7 Å². The smallest absolute Gasteiger partial charge is 0.261 e. The van der Waals surface area contributed by atoms with Gasteiger partial charge in [0.1, 0.15) is 17.3 Å². The second-order valence-electron chi connectivity index (χ2n) is 7.76. The van der Waals surface area contributed by atoms with Gasteiger partial charge in [-0.15, -0.1) is 0 Å². The molecule has 8 heteroatoms. The van der Waals surface area contributed by atoms with Crippen LogP contribution in [0.1, 0.15) is 11.4 Å². The number of hydrogen-bond acceptors (Lipinski definition) is 5. The molecule has 0 radical (unpaired) electrons. The normalized spacial score (nSPS) is 11.1. The first-order valence-corrected chi connectivity index (χ1v) is 10.7. The SMILES string of the molecule is Cn1cc(-c2cc(Oc3ccc4nc(Cc5ccc(Cl)cc5)n(C)c(=O)c4c3)ccn2)cn1. The van der Waals surface area contributed by atoms with Gasteiger partial charge in [0.2, 0.25) is 0 Å². The molecule has 0 aliphatic heterocycles. The molecule has 3 aromatic heterocycles. The molecule has 5 aromatic rings. The third-order valence-electron chi connectivity index (χ3n) is 5.38. The first kappa shape index (κ1) is 20.9. The zero-order valence-corrected chi connectivity index (χ0v) is 18.8. The van der Waals surface area contributed by atoms with Gasteiger partial charge in [-0.25, -0.2) is 4.98 Å². The highest BCUT2D eigenvalue weighted by Gasteiger charge is 2.11. The average molecular weight is 458 g/mol. The second-order valence-corrected chi connectivity index (χ2v) is 8.19. The van der Waals surface area contributed by atoms with Crippen LogP contribution in [0.4, 0.5) is 0 Å². The zero-order chi connectivity index (χ0) is 22.9. The van der Waals surface area contributed by atoms with Crippen molar-refractivity contribution in [3.8, 4) is 22.8 Å². The Labute approximate surface area is 194 Å². The molecule has 0 amide bonds. The van der Waals surface area contributed by atoms with Crippen molar-refractivity contribution in [1.82, 2.24) is 24.3 Å². The minimum atomic E-state index is -0.125. The average Bonchev–Trinajstić information content (AvgIpc) is 3.26. The van der Waals surface area contributed by atoms with E-state index in [1.165, 1.54) is 0 Å².